The van der Waals surface area contributed by atoms with E-state index in [1.54, 1.807) is 20.8 Å². The first-order chi connectivity index (χ1) is 7.81. The molecule has 0 aliphatic carbocycles. The molecule has 0 heterocycles. The van der Waals surface area contributed by atoms with Crippen molar-refractivity contribution in [1.82, 2.24) is 5.32 Å². The van der Waals surface area contributed by atoms with Crippen LogP contribution in [0.15, 0.2) is 28.7 Å². The SMILES string of the molecule is CC(O)C(C)(C)NC(=O)Cc1ccc(Br)cc1. The van der Waals surface area contributed by atoms with E-state index >= 15 is 0 Å². The van der Waals surface area contributed by atoms with Gasteiger partial charge < -0.3 is 10.4 Å². The number of hydrogen-bond acceptors (Lipinski definition) is 2. The molecule has 17 heavy (non-hydrogen) atoms. The normalized spacial score (nSPS) is 13.2. The highest BCUT2D eigenvalue weighted by atomic mass is 79.9. The van der Waals surface area contributed by atoms with E-state index in [9.17, 15) is 9.90 Å². The Labute approximate surface area is 110 Å². The molecule has 0 spiro atoms. The minimum absolute atomic E-state index is 0.0850. The fraction of sp³-hybridized carbons (Fsp3) is 0.462. The van der Waals surface area contributed by atoms with Crippen LogP contribution in [0.5, 0.6) is 0 Å². The molecule has 0 aliphatic heterocycles. The molecule has 0 radical (unpaired) electrons. The van der Waals surface area contributed by atoms with Crippen molar-refractivity contribution in [2.75, 3.05) is 0 Å². The number of aliphatic hydroxyl groups excluding tert-OH is 1. The van der Waals surface area contributed by atoms with E-state index in [4.69, 9.17) is 0 Å². The number of carbonyl (C=O) groups excluding carboxylic acids is 1. The summed E-state index contributed by atoms with van der Waals surface area (Å²) in [6.45, 7) is 5.27. The Bertz CT molecular complexity index is 385. The Hall–Kier alpha value is -0.870. The number of halogens is 1. The van der Waals surface area contributed by atoms with Crippen molar-refractivity contribution in [2.24, 2.45) is 0 Å². The highest BCUT2D eigenvalue weighted by Crippen LogP contribution is 2.12. The summed E-state index contributed by atoms with van der Waals surface area (Å²) in [5.74, 6) is -0.0850. The molecule has 0 bridgehead atoms. The van der Waals surface area contributed by atoms with Crippen molar-refractivity contribution in [2.45, 2.75) is 38.8 Å². The van der Waals surface area contributed by atoms with Gasteiger partial charge in [0.25, 0.3) is 0 Å². The first-order valence-electron chi connectivity index (χ1n) is 5.55. The number of nitrogens with one attached hydrogen (secondary N) is 1. The molecule has 0 fully saturated rings. The van der Waals surface area contributed by atoms with Crippen LogP contribution < -0.4 is 5.32 Å². The maximum Gasteiger partial charge on any atom is 0.224 e. The number of aliphatic hydroxyl groups is 1. The largest absolute Gasteiger partial charge is 0.391 e. The van der Waals surface area contributed by atoms with E-state index in [1.807, 2.05) is 24.3 Å². The third kappa shape index (κ3) is 4.48. The molecule has 1 rings (SSSR count). The summed E-state index contributed by atoms with van der Waals surface area (Å²) in [6, 6.07) is 7.61. The summed E-state index contributed by atoms with van der Waals surface area (Å²) >= 11 is 3.35. The van der Waals surface area contributed by atoms with Crippen LogP contribution in [0.4, 0.5) is 0 Å². The van der Waals surface area contributed by atoms with Crippen LogP contribution in [0.25, 0.3) is 0 Å². The maximum absolute atomic E-state index is 11.8. The summed E-state index contributed by atoms with van der Waals surface area (Å²) in [7, 11) is 0. The van der Waals surface area contributed by atoms with Crippen LogP contribution in [-0.2, 0) is 11.2 Å². The van der Waals surface area contributed by atoms with E-state index in [2.05, 4.69) is 21.2 Å². The molecule has 0 aliphatic rings. The Kier molecular flexibility index (Phi) is 4.71. The van der Waals surface area contributed by atoms with Crippen LogP contribution in [0, 0.1) is 0 Å². The van der Waals surface area contributed by atoms with Gasteiger partial charge in [-0.05, 0) is 38.5 Å². The lowest BCUT2D eigenvalue weighted by molar-refractivity contribution is -0.123. The lowest BCUT2D eigenvalue weighted by atomic mass is 9.98. The summed E-state index contributed by atoms with van der Waals surface area (Å²) in [6.07, 6.45) is -0.264. The van der Waals surface area contributed by atoms with E-state index < -0.39 is 11.6 Å². The topological polar surface area (TPSA) is 49.3 Å². The minimum atomic E-state index is -0.605. The number of hydrogen-bond donors (Lipinski definition) is 2. The van der Waals surface area contributed by atoms with Crippen LogP contribution in [0.3, 0.4) is 0 Å². The summed E-state index contributed by atoms with van der Waals surface area (Å²) < 4.78 is 0.992. The molecule has 3 nitrogen and oxygen atoms in total. The molecule has 94 valence electrons. The van der Waals surface area contributed by atoms with Crippen molar-refractivity contribution >= 4 is 21.8 Å². The zero-order valence-corrected chi connectivity index (χ0v) is 11.9. The first kappa shape index (κ1) is 14.2. The number of benzene rings is 1. The van der Waals surface area contributed by atoms with Gasteiger partial charge in [0, 0.05) is 4.47 Å². The monoisotopic (exact) mass is 299 g/mol. The van der Waals surface area contributed by atoms with Gasteiger partial charge in [0.15, 0.2) is 0 Å². The summed E-state index contributed by atoms with van der Waals surface area (Å²) in [5, 5.41) is 12.3. The molecular weight excluding hydrogens is 282 g/mol. The molecule has 1 aromatic rings. The van der Waals surface area contributed by atoms with Gasteiger partial charge in [-0.25, -0.2) is 0 Å². The van der Waals surface area contributed by atoms with Crippen molar-refractivity contribution < 1.29 is 9.90 Å². The molecule has 0 aromatic heterocycles. The van der Waals surface area contributed by atoms with Gasteiger partial charge in [-0.2, -0.15) is 0 Å². The molecule has 1 unspecified atom stereocenters. The fourth-order valence-electron chi connectivity index (χ4n) is 1.30. The molecule has 2 N–H and O–H groups in total. The lowest BCUT2D eigenvalue weighted by Gasteiger charge is -2.29. The second-order valence-electron chi connectivity index (χ2n) is 4.75. The van der Waals surface area contributed by atoms with Crippen molar-refractivity contribution in [3.63, 3.8) is 0 Å². The van der Waals surface area contributed by atoms with Crippen molar-refractivity contribution in [1.29, 1.82) is 0 Å². The number of carbonyl (C=O) groups is 1. The predicted octanol–water partition coefficient (Wildman–Crippen LogP) is 2.27. The molecule has 4 heteroatoms. The second-order valence-corrected chi connectivity index (χ2v) is 5.66. The van der Waals surface area contributed by atoms with Crippen LogP contribution >= 0.6 is 15.9 Å². The Balaban J connectivity index is 2.59. The average Bonchev–Trinajstić information content (AvgIpc) is 2.20. The third-order valence-electron chi connectivity index (χ3n) is 2.78. The predicted molar refractivity (Wildman–Crippen MR) is 71.7 cm³/mol. The Morgan fingerprint density at radius 3 is 2.41 bits per heavy atom. The molecule has 0 saturated carbocycles. The fourth-order valence-corrected chi connectivity index (χ4v) is 1.56. The van der Waals surface area contributed by atoms with Gasteiger partial charge in [0.05, 0.1) is 18.1 Å². The maximum atomic E-state index is 11.8. The first-order valence-corrected chi connectivity index (χ1v) is 6.34. The van der Waals surface area contributed by atoms with Crippen molar-refractivity contribution in [3.05, 3.63) is 34.3 Å². The van der Waals surface area contributed by atoms with Crippen LogP contribution in [-0.4, -0.2) is 22.7 Å². The van der Waals surface area contributed by atoms with Gasteiger partial charge in [-0.15, -0.1) is 0 Å². The van der Waals surface area contributed by atoms with E-state index in [1.165, 1.54) is 0 Å². The van der Waals surface area contributed by atoms with Gasteiger partial charge in [0.1, 0.15) is 0 Å². The quantitative estimate of drug-likeness (QED) is 0.896. The zero-order valence-electron chi connectivity index (χ0n) is 10.3. The third-order valence-corrected chi connectivity index (χ3v) is 3.31. The Morgan fingerprint density at radius 1 is 1.41 bits per heavy atom. The molecule has 1 aromatic carbocycles. The lowest BCUT2D eigenvalue weighted by Crippen LogP contribution is -2.51. The average molecular weight is 300 g/mol. The standard InChI is InChI=1S/C13H18BrNO2/c1-9(16)13(2,3)15-12(17)8-10-4-6-11(14)7-5-10/h4-7,9,16H,8H2,1-3H3,(H,15,17). The van der Waals surface area contributed by atoms with Crippen LogP contribution in [0.1, 0.15) is 26.3 Å². The number of rotatable bonds is 4. The van der Waals surface area contributed by atoms with Crippen molar-refractivity contribution in [3.8, 4) is 0 Å². The molecule has 0 saturated heterocycles. The summed E-state index contributed by atoms with van der Waals surface area (Å²) in [5.41, 5.74) is 0.346. The van der Waals surface area contributed by atoms with E-state index in [0.29, 0.717) is 6.42 Å². The second kappa shape index (κ2) is 5.65. The highest BCUT2D eigenvalue weighted by Gasteiger charge is 2.25. The molecule has 1 amide bonds. The van der Waals surface area contributed by atoms with E-state index in [-0.39, 0.29) is 5.91 Å². The van der Waals surface area contributed by atoms with Gasteiger partial charge in [-0.3, -0.25) is 4.79 Å². The molecular formula is C13H18BrNO2. The van der Waals surface area contributed by atoms with Gasteiger partial charge >= 0.3 is 0 Å². The zero-order chi connectivity index (χ0) is 13.1. The minimum Gasteiger partial charge on any atom is -0.391 e. The van der Waals surface area contributed by atoms with Gasteiger partial charge in [0.2, 0.25) is 5.91 Å². The van der Waals surface area contributed by atoms with Crippen LogP contribution in [0.2, 0.25) is 0 Å². The van der Waals surface area contributed by atoms with Gasteiger partial charge in [-0.1, -0.05) is 28.1 Å². The number of amides is 1. The summed E-state index contributed by atoms with van der Waals surface area (Å²) in [4.78, 5) is 11.8. The van der Waals surface area contributed by atoms with E-state index in [0.717, 1.165) is 10.0 Å². The Morgan fingerprint density at radius 2 is 1.94 bits per heavy atom. The smallest absolute Gasteiger partial charge is 0.224 e. The molecule has 1 atom stereocenters. The highest BCUT2D eigenvalue weighted by molar-refractivity contribution is 9.10.